The van der Waals surface area contributed by atoms with Crippen LogP contribution in [0.4, 0.5) is 0 Å². The Hall–Kier alpha value is -2.13. The molecule has 3 nitrogen and oxygen atoms in total. The second-order valence-electron chi connectivity index (χ2n) is 5.19. The molecule has 2 aromatic carbocycles. The number of nitrogens with two attached hydrogens (primary N) is 1. The van der Waals surface area contributed by atoms with Crippen molar-refractivity contribution in [2.24, 2.45) is 5.73 Å². The van der Waals surface area contributed by atoms with Gasteiger partial charge in [-0.25, -0.2) is 0 Å². The standard InChI is InChI=1S/C17H18N2O/c18-10-15(13-6-2-1-3-7-13)12-19-11-14-8-4-5-9-16(14)17(19)20/h1-9,15H,10-12,18H2. The summed E-state index contributed by atoms with van der Waals surface area (Å²) in [6.07, 6.45) is 0. The number of carbonyl (C=O) groups is 1. The summed E-state index contributed by atoms with van der Waals surface area (Å²) in [5.74, 6) is 0.310. The van der Waals surface area contributed by atoms with E-state index >= 15 is 0 Å². The van der Waals surface area contributed by atoms with Crippen LogP contribution in [0, 0.1) is 0 Å². The number of carbonyl (C=O) groups excluding carboxylic acids is 1. The van der Waals surface area contributed by atoms with Crippen molar-refractivity contribution < 1.29 is 4.79 Å². The lowest BCUT2D eigenvalue weighted by Gasteiger charge is -2.23. The van der Waals surface area contributed by atoms with E-state index in [0.29, 0.717) is 19.6 Å². The SMILES string of the molecule is NCC(CN1Cc2ccccc2C1=O)c1ccccc1. The molecule has 0 fully saturated rings. The van der Waals surface area contributed by atoms with Gasteiger partial charge in [0.15, 0.2) is 0 Å². The Labute approximate surface area is 119 Å². The fourth-order valence-corrected chi connectivity index (χ4v) is 2.77. The molecule has 1 amide bonds. The summed E-state index contributed by atoms with van der Waals surface area (Å²) in [7, 11) is 0. The molecule has 2 aromatic rings. The number of fused-ring (bicyclic) bond motifs is 1. The van der Waals surface area contributed by atoms with E-state index in [0.717, 1.165) is 11.1 Å². The molecule has 1 aliphatic heterocycles. The Kier molecular flexibility index (Phi) is 3.52. The van der Waals surface area contributed by atoms with Crippen molar-refractivity contribution in [2.75, 3.05) is 13.1 Å². The van der Waals surface area contributed by atoms with Crippen LogP contribution < -0.4 is 5.73 Å². The van der Waals surface area contributed by atoms with Gasteiger partial charge in [0.05, 0.1) is 0 Å². The Balaban J connectivity index is 1.78. The van der Waals surface area contributed by atoms with Crippen molar-refractivity contribution in [3.05, 3.63) is 71.3 Å². The molecule has 1 atom stereocenters. The first-order chi connectivity index (χ1) is 9.79. The molecule has 0 aromatic heterocycles. The fraction of sp³-hybridized carbons (Fsp3) is 0.235. The third-order valence-electron chi connectivity index (χ3n) is 3.89. The number of amides is 1. The molecule has 1 aliphatic rings. The molecule has 0 radical (unpaired) electrons. The van der Waals surface area contributed by atoms with Crippen molar-refractivity contribution in [3.63, 3.8) is 0 Å². The van der Waals surface area contributed by atoms with E-state index < -0.39 is 0 Å². The molecule has 20 heavy (non-hydrogen) atoms. The van der Waals surface area contributed by atoms with Gasteiger partial charge in [-0.15, -0.1) is 0 Å². The molecular formula is C17H18N2O. The Morgan fingerprint density at radius 2 is 1.75 bits per heavy atom. The van der Waals surface area contributed by atoms with Crippen LogP contribution in [0.5, 0.6) is 0 Å². The highest BCUT2D eigenvalue weighted by atomic mass is 16.2. The normalized spacial score (nSPS) is 15.2. The fourth-order valence-electron chi connectivity index (χ4n) is 2.77. The topological polar surface area (TPSA) is 46.3 Å². The van der Waals surface area contributed by atoms with E-state index in [9.17, 15) is 4.79 Å². The maximum atomic E-state index is 12.4. The van der Waals surface area contributed by atoms with E-state index in [-0.39, 0.29) is 11.8 Å². The summed E-state index contributed by atoms with van der Waals surface area (Å²) in [6.45, 7) is 1.91. The van der Waals surface area contributed by atoms with E-state index in [4.69, 9.17) is 5.73 Å². The molecule has 1 unspecified atom stereocenters. The second kappa shape index (κ2) is 5.47. The molecule has 1 heterocycles. The number of hydrogen-bond acceptors (Lipinski definition) is 2. The average Bonchev–Trinajstić information content (AvgIpc) is 2.82. The predicted octanol–water partition coefficient (Wildman–Crippen LogP) is 2.38. The first-order valence-corrected chi connectivity index (χ1v) is 6.92. The molecular weight excluding hydrogens is 248 g/mol. The van der Waals surface area contributed by atoms with Gasteiger partial charge in [-0.1, -0.05) is 48.5 Å². The third kappa shape index (κ3) is 2.32. The largest absolute Gasteiger partial charge is 0.334 e. The summed E-state index contributed by atoms with van der Waals surface area (Å²) in [6, 6.07) is 18.0. The van der Waals surface area contributed by atoms with E-state index in [2.05, 4.69) is 12.1 Å². The summed E-state index contributed by atoms with van der Waals surface area (Å²) >= 11 is 0. The molecule has 102 valence electrons. The molecule has 0 saturated carbocycles. The average molecular weight is 266 g/mol. The number of benzene rings is 2. The van der Waals surface area contributed by atoms with Crippen LogP contribution in [-0.4, -0.2) is 23.9 Å². The van der Waals surface area contributed by atoms with Crippen molar-refractivity contribution in [1.29, 1.82) is 0 Å². The summed E-state index contributed by atoms with van der Waals surface area (Å²) in [5, 5.41) is 0. The van der Waals surface area contributed by atoms with Gasteiger partial charge in [0, 0.05) is 31.1 Å². The molecule has 0 bridgehead atoms. The molecule has 0 saturated heterocycles. The maximum absolute atomic E-state index is 12.4. The highest BCUT2D eigenvalue weighted by Gasteiger charge is 2.28. The van der Waals surface area contributed by atoms with Gasteiger partial charge in [0.25, 0.3) is 5.91 Å². The summed E-state index contributed by atoms with van der Waals surface area (Å²) in [5.41, 5.74) is 9.03. The van der Waals surface area contributed by atoms with Gasteiger partial charge in [0.1, 0.15) is 0 Å². The Morgan fingerprint density at radius 3 is 2.45 bits per heavy atom. The number of hydrogen-bond donors (Lipinski definition) is 1. The van der Waals surface area contributed by atoms with Crippen LogP contribution in [0.2, 0.25) is 0 Å². The zero-order valence-corrected chi connectivity index (χ0v) is 11.3. The van der Waals surface area contributed by atoms with Crippen LogP contribution in [0.1, 0.15) is 27.4 Å². The zero-order chi connectivity index (χ0) is 13.9. The van der Waals surface area contributed by atoms with Crippen LogP contribution in [0.3, 0.4) is 0 Å². The van der Waals surface area contributed by atoms with Crippen molar-refractivity contribution in [3.8, 4) is 0 Å². The van der Waals surface area contributed by atoms with Gasteiger partial charge >= 0.3 is 0 Å². The molecule has 2 N–H and O–H groups in total. The Bertz CT molecular complexity index is 609. The van der Waals surface area contributed by atoms with Gasteiger partial charge < -0.3 is 10.6 Å². The minimum atomic E-state index is 0.120. The van der Waals surface area contributed by atoms with Gasteiger partial charge in [-0.05, 0) is 17.2 Å². The first kappa shape index (κ1) is 12.9. The first-order valence-electron chi connectivity index (χ1n) is 6.92. The summed E-state index contributed by atoms with van der Waals surface area (Å²) in [4.78, 5) is 14.3. The smallest absolute Gasteiger partial charge is 0.254 e. The van der Waals surface area contributed by atoms with E-state index in [1.165, 1.54) is 5.56 Å². The van der Waals surface area contributed by atoms with E-state index in [1.807, 2.05) is 47.4 Å². The zero-order valence-electron chi connectivity index (χ0n) is 11.3. The Morgan fingerprint density at radius 1 is 1.05 bits per heavy atom. The summed E-state index contributed by atoms with van der Waals surface area (Å²) < 4.78 is 0. The van der Waals surface area contributed by atoms with Crippen LogP contribution >= 0.6 is 0 Å². The lowest BCUT2D eigenvalue weighted by atomic mass is 9.99. The lowest BCUT2D eigenvalue weighted by molar-refractivity contribution is 0.0769. The van der Waals surface area contributed by atoms with Crippen molar-refractivity contribution in [1.82, 2.24) is 4.90 Å². The van der Waals surface area contributed by atoms with Gasteiger partial charge in [-0.2, -0.15) is 0 Å². The van der Waals surface area contributed by atoms with Crippen LogP contribution in [-0.2, 0) is 6.54 Å². The lowest BCUT2D eigenvalue weighted by Crippen LogP contribution is -2.32. The second-order valence-corrected chi connectivity index (χ2v) is 5.19. The van der Waals surface area contributed by atoms with Crippen molar-refractivity contribution >= 4 is 5.91 Å². The van der Waals surface area contributed by atoms with Crippen LogP contribution in [0.25, 0.3) is 0 Å². The predicted molar refractivity (Wildman–Crippen MR) is 79.4 cm³/mol. The number of nitrogens with zero attached hydrogens (tertiary/aromatic N) is 1. The van der Waals surface area contributed by atoms with Gasteiger partial charge in [0.2, 0.25) is 0 Å². The highest BCUT2D eigenvalue weighted by molar-refractivity contribution is 5.98. The molecule has 3 heteroatoms. The minimum absolute atomic E-state index is 0.120. The van der Waals surface area contributed by atoms with Crippen molar-refractivity contribution in [2.45, 2.75) is 12.5 Å². The van der Waals surface area contributed by atoms with E-state index in [1.54, 1.807) is 0 Å². The maximum Gasteiger partial charge on any atom is 0.254 e. The highest BCUT2D eigenvalue weighted by Crippen LogP contribution is 2.25. The monoisotopic (exact) mass is 266 g/mol. The number of rotatable bonds is 4. The minimum Gasteiger partial charge on any atom is -0.334 e. The third-order valence-corrected chi connectivity index (χ3v) is 3.89. The van der Waals surface area contributed by atoms with Crippen LogP contribution in [0.15, 0.2) is 54.6 Å². The molecule has 0 aliphatic carbocycles. The molecule has 3 rings (SSSR count). The molecule has 0 spiro atoms. The quantitative estimate of drug-likeness (QED) is 0.923. The van der Waals surface area contributed by atoms with Gasteiger partial charge in [-0.3, -0.25) is 4.79 Å².